The van der Waals surface area contributed by atoms with Gasteiger partial charge in [0.2, 0.25) is 0 Å². The Morgan fingerprint density at radius 2 is 2.20 bits per heavy atom. The summed E-state index contributed by atoms with van der Waals surface area (Å²) in [5.74, 6) is 2.43. The summed E-state index contributed by atoms with van der Waals surface area (Å²) in [6.07, 6.45) is 5.62. The zero-order chi connectivity index (χ0) is 3.41. The molecule has 0 aliphatic rings. The van der Waals surface area contributed by atoms with Gasteiger partial charge in [-0.05, 0) is 0 Å². The summed E-state index contributed by atoms with van der Waals surface area (Å²) in [6.45, 7) is 1.94. The minimum absolute atomic E-state index is 0. The van der Waals surface area contributed by atoms with E-state index in [1.165, 1.54) is 0 Å². The van der Waals surface area contributed by atoms with Crippen LogP contribution < -0.4 is 0 Å². The van der Waals surface area contributed by atoms with Crippen LogP contribution in [0.3, 0.4) is 0 Å². The fourth-order valence-electron chi connectivity index (χ4n) is 0. The van der Waals surface area contributed by atoms with E-state index < -0.39 is 0 Å². The third-order valence-electron chi connectivity index (χ3n) is 0.204. The quantitative estimate of drug-likeness (QED) is 0.299. The van der Waals surface area contributed by atoms with Crippen LogP contribution in [0.4, 0.5) is 0 Å². The molecule has 0 unspecified atom stereocenters. The van der Waals surface area contributed by atoms with Gasteiger partial charge in [-0.25, -0.2) is 0 Å². The average Bonchev–Trinajstić information content (AvgIpc) is 1.37. The monoisotopic (exact) mass is 80.0 g/mol. The first-order chi connectivity index (χ1) is 1.91. The van der Waals surface area contributed by atoms with Gasteiger partial charge < -0.3 is 2.85 Å². The molecular formula is C4H8Mg. The second-order valence-corrected chi connectivity index (χ2v) is 0.558. The van der Waals surface area contributed by atoms with Gasteiger partial charge in [0.1, 0.15) is 0 Å². The van der Waals surface area contributed by atoms with Crippen molar-refractivity contribution in [3.8, 4) is 12.3 Å². The first-order valence-corrected chi connectivity index (χ1v) is 1.35. The Labute approximate surface area is 52.1 Å². The fraction of sp³-hybridized carbons (Fsp3) is 0.500. The minimum atomic E-state index is 0. The van der Waals surface area contributed by atoms with E-state index in [9.17, 15) is 0 Å². The second-order valence-electron chi connectivity index (χ2n) is 0.558. The van der Waals surface area contributed by atoms with E-state index in [1.807, 2.05) is 6.92 Å². The second kappa shape index (κ2) is 8.85. The molecule has 26 valence electrons. The van der Waals surface area contributed by atoms with Gasteiger partial charge in [-0.1, -0.05) is 6.92 Å². The molecule has 0 aromatic carbocycles. The van der Waals surface area contributed by atoms with Crippen molar-refractivity contribution < 1.29 is 2.85 Å². The fourth-order valence-corrected chi connectivity index (χ4v) is 0. The van der Waals surface area contributed by atoms with Crippen LogP contribution in [0.15, 0.2) is 0 Å². The number of rotatable bonds is 0. The van der Waals surface area contributed by atoms with Gasteiger partial charge in [-0.15, -0.1) is 12.3 Å². The predicted molar refractivity (Wildman–Crippen MR) is 27.1 cm³/mol. The Hall–Kier alpha value is 0.326. The van der Waals surface area contributed by atoms with Crippen LogP contribution in [0.5, 0.6) is 0 Å². The summed E-state index contributed by atoms with van der Waals surface area (Å²) in [5, 5.41) is 0. The Morgan fingerprint density at radius 3 is 2.20 bits per heavy atom. The first kappa shape index (κ1) is 9.01. The average molecular weight is 80.4 g/mol. The summed E-state index contributed by atoms with van der Waals surface area (Å²) < 4.78 is 0. The Bertz CT molecular complexity index is 39.4. The van der Waals surface area contributed by atoms with Crippen LogP contribution in [-0.4, -0.2) is 23.1 Å². The normalized spacial score (nSPS) is 4.00. The van der Waals surface area contributed by atoms with Gasteiger partial charge in [0, 0.05) is 6.42 Å². The van der Waals surface area contributed by atoms with Crippen molar-refractivity contribution in [1.82, 2.24) is 0 Å². The molecule has 0 radical (unpaired) electrons. The zero-order valence-electron chi connectivity index (χ0n) is 5.49. The predicted octanol–water partition coefficient (Wildman–Crippen LogP) is 0.874. The van der Waals surface area contributed by atoms with E-state index in [4.69, 9.17) is 6.42 Å². The molecule has 0 atom stereocenters. The van der Waals surface area contributed by atoms with Gasteiger partial charge in [0.25, 0.3) is 0 Å². The smallest absolute Gasteiger partial charge is 1.00 e. The van der Waals surface area contributed by atoms with Gasteiger partial charge in [-0.2, -0.15) is 0 Å². The minimum Gasteiger partial charge on any atom is -1.00 e. The van der Waals surface area contributed by atoms with Crippen molar-refractivity contribution in [1.29, 1.82) is 0 Å². The van der Waals surface area contributed by atoms with Crippen molar-refractivity contribution in [2.75, 3.05) is 0 Å². The van der Waals surface area contributed by atoms with E-state index in [0.717, 1.165) is 6.42 Å². The molecule has 1 heteroatoms. The van der Waals surface area contributed by atoms with E-state index in [1.54, 1.807) is 0 Å². The molecular weight excluding hydrogens is 72.3 g/mol. The van der Waals surface area contributed by atoms with Gasteiger partial charge in [0.15, 0.2) is 0 Å². The molecule has 0 aromatic heterocycles. The largest absolute Gasteiger partial charge is 2.00 e. The van der Waals surface area contributed by atoms with Crippen LogP contribution in [-0.2, 0) is 0 Å². The first-order valence-electron chi connectivity index (χ1n) is 1.35. The van der Waals surface area contributed by atoms with Crippen LogP contribution >= 0.6 is 0 Å². The van der Waals surface area contributed by atoms with E-state index >= 15 is 0 Å². The molecule has 0 amide bonds. The summed E-state index contributed by atoms with van der Waals surface area (Å²) in [6, 6.07) is 0. The SMILES string of the molecule is C#CCC.[H-].[H-].[Mg+2]. The molecule has 0 saturated carbocycles. The molecule has 0 heterocycles. The molecule has 0 bridgehead atoms. The summed E-state index contributed by atoms with van der Waals surface area (Å²) in [7, 11) is 0. The van der Waals surface area contributed by atoms with Gasteiger partial charge in [-0.3, -0.25) is 0 Å². The van der Waals surface area contributed by atoms with Crippen molar-refractivity contribution >= 4 is 23.1 Å². The van der Waals surface area contributed by atoms with Gasteiger partial charge in [0.05, 0.1) is 0 Å². The van der Waals surface area contributed by atoms with Crippen LogP contribution in [0, 0.1) is 12.3 Å². The topological polar surface area (TPSA) is 0 Å². The van der Waals surface area contributed by atoms with Crippen molar-refractivity contribution in [2.24, 2.45) is 0 Å². The molecule has 0 aromatic rings. The van der Waals surface area contributed by atoms with E-state index in [0.29, 0.717) is 0 Å². The molecule has 0 N–H and O–H groups in total. The third kappa shape index (κ3) is 13.3. The Balaban J connectivity index is -0.0000000150. The number of hydrogen-bond acceptors (Lipinski definition) is 0. The van der Waals surface area contributed by atoms with Crippen LogP contribution in [0.25, 0.3) is 0 Å². The molecule has 0 nitrogen and oxygen atoms in total. The maximum absolute atomic E-state index is 4.78. The van der Waals surface area contributed by atoms with Crippen molar-refractivity contribution in [3.63, 3.8) is 0 Å². The molecule has 5 heavy (non-hydrogen) atoms. The Kier molecular flexibility index (Phi) is 15.9. The van der Waals surface area contributed by atoms with E-state index in [-0.39, 0.29) is 25.9 Å². The maximum Gasteiger partial charge on any atom is 2.00 e. The molecule has 0 spiro atoms. The van der Waals surface area contributed by atoms with Crippen molar-refractivity contribution in [2.45, 2.75) is 13.3 Å². The van der Waals surface area contributed by atoms with Crippen molar-refractivity contribution in [3.05, 3.63) is 0 Å². The summed E-state index contributed by atoms with van der Waals surface area (Å²) >= 11 is 0. The molecule has 0 fully saturated rings. The maximum atomic E-state index is 4.78. The molecule has 0 rings (SSSR count). The molecule has 0 saturated heterocycles. The standard InChI is InChI=1S/C4H6.Mg.2H/c1-3-4-2;;;/h1H,4H2,2H3;;;/q;+2;2*-1. The number of terminal acetylenes is 1. The van der Waals surface area contributed by atoms with Crippen LogP contribution in [0.2, 0.25) is 0 Å². The third-order valence-corrected chi connectivity index (χ3v) is 0.204. The number of hydrogen-bond donors (Lipinski definition) is 0. The Morgan fingerprint density at radius 1 is 2.00 bits per heavy atom. The zero-order valence-corrected chi connectivity index (χ0v) is 4.91. The molecule has 0 aliphatic carbocycles. The summed E-state index contributed by atoms with van der Waals surface area (Å²) in [5.41, 5.74) is 0. The van der Waals surface area contributed by atoms with E-state index in [2.05, 4.69) is 5.92 Å². The molecule has 0 aliphatic heterocycles. The summed E-state index contributed by atoms with van der Waals surface area (Å²) in [4.78, 5) is 0. The van der Waals surface area contributed by atoms with Gasteiger partial charge >= 0.3 is 23.1 Å². The van der Waals surface area contributed by atoms with Crippen LogP contribution in [0.1, 0.15) is 16.2 Å².